The van der Waals surface area contributed by atoms with Gasteiger partial charge in [0.15, 0.2) is 0 Å². The van der Waals surface area contributed by atoms with E-state index >= 15 is 0 Å². The Bertz CT molecular complexity index is 2250. The molecule has 0 saturated heterocycles. The lowest BCUT2D eigenvalue weighted by molar-refractivity contribution is -0.144. The Morgan fingerprint density at radius 1 is 1.02 bits per heavy atom. The maximum Gasteiger partial charge on any atom is 0.307 e. The summed E-state index contributed by atoms with van der Waals surface area (Å²) in [4.78, 5) is 27.0. The fourth-order valence-corrected chi connectivity index (χ4v) is 7.90. The van der Waals surface area contributed by atoms with Crippen molar-refractivity contribution in [3.05, 3.63) is 95.7 Å². The third-order valence-corrected chi connectivity index (χ3v) is 12.1. The van der Waals surface area contributed by atoms with Crippen molar-refractivity contribution < 1.29 is 23.7 Å². The van der Waals surface area contributed by atoms with Gasteiger partial charge in [0.2, 0.25) is 0 Å². The van der Waals surface area contributed by atoms with E-state index in [0.29, 0.717) is 59.1 Å². The van der Waals surface area contributed by atoms with Crippen molar-refractivity contribution in [3.8, 4) is 22.8 Å². The molecule has 7 rings (SSSR count). The van der Waals surface area contributed by atoms with E-state index in [1.54, 1.807) is 18.5 Å². The van der Waals surface area contributed by atoms with E-state index in [1.807, 2.05) is 67.2 Å². The van der Waals surface area contributed by atoms with Crippen molar-refractivity contribution in [2.45, 2.75) is 90.7 Å². The van der Waals surface area contributed by atoms with Gasteiger partial charge in [-0.05, 0) is 74.9 Å². The first kappa shape index (κ1) is 38.6. The molecule has 6 aromatic rings. The van der Waals surface area contributed by atoms with E-state index in [2.05, 4.69) is 41.3 Å². The first-order chi connectivity index (χ1) is 26.5. The van der Waals surface area contributed by atoms with Crippen molar-refractivity contribution in [1.82, 2.24) is 29.3 Å². The minimum absolute atomic E-state index is 0.168. The Morgan fingerprint density at radius 2 is 1.82 bits per heavy atom. The molecule has 0 aliphatic heterocycles. The highest BCUT2D eigenvalue weighted by Crippen LogP contribution is 2.39. The fourth-order valence-electron chi connectivity index (χ4n) is 6.90. The summed E-state index contributed by atoms with van der Waals surface area (Å²) in [7, 11) is -1.19. The molecule has 0 amide bonds. The predicted octanol–water partition coefficient (Wildman–Crippen LogP) is 9.79. The molecule has 0 N–H and O–H groups in total. The molecule has 3 aromatic carbocycles. The number of aryl methyl sites for hydroxylation is 1. The zero-order chi connectivity index (χ0) is 38.5. The second kappa shape index (κ2) is 17.0. The Morgan fingerprint density at radius 3 is 2.60 bits per heavy atom. The lowest BCUT2D eigenvalue weighted by Gasteiger charge is -2.37. The summed E-state index contributed by atoms with van der Waals surface area (Å²) in [5, 5.41) is 5.05. The summed E-state index contributed by atoms with van der Waals surface area (Å²) < 4.78 is 27.8. The molecule has 0 spiro atoms. The van der Waals surface area contributed by atoms with Gasteiger partial charge in [-0.2, -0.15) is 5.10 Å². The first-order valence-electron chi connectivity index (χ1n) is 19.1. The van der Waals surface area contributed by atoms with Gasteiger partial charge in [-0.3, -0.25) is 14.5 Å². The molecule has 1 aliphatic carbocycles. The summed E-state index contributed by atoms with van der Waals surface area (Å²) in [6, 6.07) is 20.6. The lowest BCUT2D eigenvalue weighted by atomic mass is 9.77. The number of fused-ring (bicyclic) bond motifs is 2. The lowest BCUT2D eigenvalue weighted by Crippen LogP contribution is -2.33. The number of benzene rings is 3. The molecule has 1 aliphatic rings. The molecule has 11 nitrogen and oxygen atoms in total. The molecule has 13 heteroatoms. The molecular weight excluding hydrogens is 732 g/mol. The zero-order valence-electron chi connectivity index (χ0n) is 32.2. The van der Waals surface area contributed by atoms with Gasteiger partial charge in [-0.25, -0.2) is 9.97 Å². The van der Waals surface area contributed by atoms with Gasteiger partial charge in [-0.1, -0.05) is 61.6 Å². The molecule has 0 bridgehead atoms. The van der Waals surface area contributed by atoms with Crippen LogP contribution in [0.1, 0.15) is 50.0 Å². The van der Waals surface area contributed by atoms with Crippen molar-refractivity contribution in [2.24, 2.45) is 5.92 Å². The van der Waals surface area contributed by atoms with E-state index in [-0.39, 0.29) is 24.5 Å². The molecule has 1 fully saturated rings. The Kier molecular flexibility index (Phi) is 12.0. The number of nitrogens with zero attached hydrogens (tertiary/aromatic N) is 6. The van der Waals surface area contributed by atoms with E-state index in [0.717, 1.165) is 54.3 Å². The quantitative estimate of drug-likeness (QED) is 0.0507. The standard InChI is InChI=1S/C42H49ClN6O5Si/c1-6-52-40(50)21-32(18-30-19-34(20-30)53-26-29-10-8-7-9-11-29)49-25-31(23-45-49)37-24-44-36-14-15-39(41(43)42(36)47-37)54-33-12-13-35-38(22-33)48(28(2)46-35)27-51-16-17-55(3,4)5/h7-15,22-25,30,32,34H,6,16-21,26-27H2,1-5H3. The predicted molar refractivity (Wildman–Crippen MR) is 217 cm³/mol. The van der Waals surface area contributed by atoms with Crippen molar-refractivity contribution in [3.63, 3.8) is 0 Å². The molecule has 1 unspecified atom stereocenters. The molecule has 1 atom stereocenters. The van der Waals surface area contributed by atoms with E-state index in [1.165, 1.54) is 5.56 Å². The van der Waals surface area contributed by atoms with Gasteiger partial charge in [-0.15, -0.1) is 0 Å². The van der Waals surface area contributed by atoms with Crippen LogP contribution in [0, 0.1) is 12.8 Å². The Labute approximate surface area is 328 Å². The summed E-state index contributed by atoms with van der Waals surface area (Å²) in [5.41, 5.74) is 5.50. The van der Waals surface area contributed by atoms with E-state index in [9.17, 15) is 4.79 Å². The minimum atomic E-state index is -1.19. The number of ether oxygens (including phenoxy) is 4. The van der Waals surface area contributed by atoms with Gasteiger partial charge in [0, 0.05) is 32.5 Å². The van der Waals surface area contributed by atoms with Crippen LogP contribution in [0.4, 0.5) is 0 Å². The van der Waals surface area contributed by atoms with Crippen LogP contribution in [0.2, 0.25) is 30.7 Å². The highest BCUT2D eigenvalue weighted by Gasteiger charge is 2.33. The van der Waals surface area contributed by atoms with Gasteiger partial charge in [0.1, 0.15) is 34.6 Å². The van der Waals surface area contributed by atoms with Crippen LogP contribution in [0.15, 0.2) is 79.3 Å². The molecule has 55 heavy (non-hydrogen) atoms. The van der Waals surface area contributed by atoms with Crippen LogP contribution in [-0.2, 0) is 32.3 Å². The number of esters is 1. The number of rotatable bonds is 17. The van der Waals surface area contributed by atoms with Crippen LogP contribution in [0.25, 0.3) is 33.3 Å². The monoisotopic (exact) mass is 780 g/mol. The number of aromatic nitrogens is 6. The number of carbonyl (C=O) groups excluding carboxylic acids is 1. The Balaban J connectivity index is 1.05. The normalized spacial score (nSPS) is 16.3. The van der Waals surface area contributed by atoms with Crippen molar-refractivity contribution >= 4 is 47.7 Å². The third-order valence-electron chi connectivity index (χ3n) is 10.1. The van der Waals surface area contributed by atoms with Gasteiger partial charge >= 0.3 is 5.97 Å². The number of hydrogen-bond acceptors (Lipinski definition) is 9. The van der Waals surface area contributed by atoms with Crippen LogP contribution in [0.3, 0.4) is 0 Å². The average molecular weight is 781 g/mol. The number of halogens is 1. The molecule has 288 valence electrons. The van der Waals surface area contributed by atoms with Crippen LogP contribution < -0.4 is 4.74 Å². The summed E-state index contributed by atoms with van der Waals surface area (Å²) in [6.07, 6.45) is 8.52. The largest absolute Gasteiger partial charge is 0.466 e. The maximum absolute atomic E-state index is 12.7. The minimum Gasteiger partial charge on any atom is -0.466 e. The second-order valence-electron chi connectivity index (χ2n) is 15.6. The van der Waals surface area contributed by atoms with Crippen LogP contribution in [-0.4, -0.2) is 62.7 Å². The smallest absolute Gasteiger partial charge is 0.307 e. The molecular formula is C42H49ClN6O5Si. The van der Waals surface area contributed by atoms with Crippen LogP contribution in [0.5, 0.6) is 11.5 Å². The summed E-state index contributed by atoms with van der Waals surface area (Å²) in [5.74, 6) is 2.14. The van der Waals surface area contributed by atoms with Crippen molar-refractivity contribution in [2.75, 3.05) is 13.2 Å². The highest BCUT2D eigenvalue weighted by molar-refractivity contribution is 6.76. The maximum atomic E-state index is 12.7. The average Bonchev–Trinajstić information content (AvgIpc) is 3.76. The van der Waals surface area contributed by atoms with Gasteiger partial charge < -0.3 is 23.5 Å². The zero-order valence-corrected chi connectivity index (χ0v) is 34.0. The molecule has 0 radical (unpaired) electrons. The van der Waals surface area contributed by atoms with Gasteiger partial charge in [0.25, 0.3) is 0 Å². The fraction of sp³-hybridized carbons (Fsp3) is 0.405. The molecule has 3 aromatic heterocycles. The van der Waals surface area contributed by atoms with E-state index in [4.69, 9.17) is 45.6 Å². The van der Waals surface area contributed by atoms with Gasteiger partial charge in [0.05, 0.1) is 66.4 Å². The SMILES string of the molecule is CCOC(=O)CC(CC1CC(OCc2ccccc2)C1)n1cc(-c2cnc3ccc(Oc4ccc5nc(C)n(COCC[Si](C)(C)C)c5c4)c(Cl)c3n2)cn1. The molecule has 1 saturated carbocycles. The summed E-state index contributed by atoms with van der Waals surface area (Å²) in [6.45, 7) is 12.9. The first-order valence-corrected chi connectivity index (χ1v) is 23.1. The number of imidazole rings is 1. The van der Waals surface area contributed by atoms with E-state index < -0.39 is 8.07 Å². The summed E-state index contributed by atoms with van der Waals surface area (Å²) >= 11 is 6.97. The van der Waals surface area contributed by atoms with Crippen LogP contribution >= 0.6 is 11.6 Å². The topological polar surface area (TPSA) is 115 Å². The van der Waals surface area contributed by atoms with Crippen molar-refractivity contribution in [1.29, 1.82) is 0 Å². The number of carbonyl (C=O) groups is 1. The third kappa shape index (κ3) is 9.61. The second-order valence-corrected chi connectivity index (χ2v) is 21.6. The number of hydrogen-bond donors (Lipinski definition) is 0. The highest BCUT2D eigenvalue weighted by atomic mass is 35.5. The molecule has 3 heterocycles. The Hall–Kier alpha value is -4.62.